The highest BCUT2D eigenvalue weighted by Crippen LogP contribution is 2.18. The lowest BCUT2D eigenvalue weighted by Gasteiger charge is -2.36. The van der Waals surface area contributed by atoms with Gasteiger partial charge in [-0.05, 0) is 38.8 Å². The van der Waals surface area contributed by atoms with Gasteiger partial charge < -0.3 is 14.8 Å². The molecule has 0 aromatic heterocycles. The van der Waals surface area contributed by atoms with Crippen molar-refractivity contribution >= 4 is 0 Å². The zero-order chi connectivity index (χ0) is 12.5. The third-order valence-electron chi connectivity index (χ3n) is 3.60. The third kappa shape index (κ3) is 5.82. The van der Waals surface area contributed by atoms with Crippen LogP contribution in [0.1, 0.15) is 19.8 Å². The summed E-state index contributed by atoms with van der Waals surface area (Å²) in [6.45, 7) is 8.44. The van der Waals surface area contributed by atoms with Gasteiger partial charge in [-0.2, -0.15) is 0 Å². The van der Waals surface area contributed by atoms with Gasteiger partial charge in [0.15, 0.2) is 0 Å². The molecule has 0 bridgehead atoms. The van der Waals surface area contributed by atoms with Crippen LogP contribution in [0.5, 0.6) is 0 Å². The van der Waals surface area contributed by atoms with E-state index in [4.69, 9.17) is 9.47 Å². The Morgan fingerprint density at radius 1 is 1.24 bits per heavy atom. The second kappa shape index (κ2) is 8.86. The van der Waals surface area contributed by atoms with E-state index in [0.29, 0.717) is 6.04 Å². The maximum Gasteiger partial charge on any atom is 0.0587 e. The molecule has 1 heterocycles. The van der Waals surface area contributed by atoms with Crippen LogP contribution in [-0.4, -0.2) is 64.6 Å². The minimum atomic E-state index is 0.621. The van der Waals surface area contributed by atoms with Crippen LogP contribution in [0.3, 0.4) is 0 Å². The highest BCUT2D eigenvalue weighted by molar-refractivity contribution is 4.77. The smallest absolute Gasteiger partial charge is 0.0587 e. The molecule has 102 valence electrons. The summed E-state index contributed by atoms with van der Waals surface area (Å²) in [5.41, 5.74) is 0. The minimum Gasteiger partial charge on any atom is -0.384 e. The Labute approximate surface area is 106 Å². The van der Waals surface area contributed by atoms with E-state index in [9.17, 15) is 0 Å². The van der Waals surface area contributed by atoms with Crippen molar-refractivity contribution in [2.24, 2.45) is 5.92 Å². The summed E-state index contributed by atoms with van der Waals surface area (Å²) in [4.78, 5) is 2.58. The predicted molar refractivity (Wildman–Crippen MR) is 70.4 cm³/mol. The molecule has 0 spiro atoms. The fraction of sp³-hybridized carbons (Fsp3) is 1.00. The molecule has 0 aromatic carbocycles. The maximum atomic E-state index is 5.22. The van der Waals surface area contributed by atoms with E-state index in [1.807, 2.05) is 0 Å². The first kappa shape index (κ1) is 14.9. The molecule has 17 heavy (non-hydrogen) atoms. The highest BCUT2D eigenvalue weighted by Gasteiger charge is 2.22. The monoisotopic (exact) mass is 244 g/mol. The Kier molecular flexibility index (Phi) is 7.77. The fourth-order valence-corrected chi connectivity index (χ4v) is 2.41. The Morgan fingerprint density at radius 2 is 1.94 bits per heavy atom. The molecule has 1 rings (SSSR count). The number of hydrogen-bond donors (Lipinski definition) is 1. The third-order valence-corrected chi connectivity index (χ3v) is 3.60. The van der Waals surface area contributed by atoms with Gasteiger partial charge in [0.25, 0.3) is 0 Å². The molecular weight excluding hydrogens is 216 g/mol. The number of hydrogen-bond acceptors (Lipinski definition) is 4. The molecule has 1 N–H and O–H groups in total. The van der Waals surface area contributed by atoms with Crippen molar-refractivity contribution in [1.29, 1.82) is 0 Å². The molecule has 1 atom stereocenters. The molecule has 0 aliphatic carbocycles. The lowest BCUT2D eigenvalue weighted by Crippen LogP contribution is -2.45. The summed E-state index contributed by atoms with van der Waals surface area (Å²) in [5.74, 6) is 0.768. The number of piperidine rings is 1. The molecule has 4 heteroatoms. The van der Waals surface area contributed by atoms with Crippen molar-refractivity contribution in [2.45, 2.75) is 25.8 Å². The number of methoxy groups -OCH3 is 2. The lowest BCUT2D eigenvalue weighted by molar-refractivity contribution is 0.0826. The van der Waals surface area contributed by atoms with Gasteiger partial charge in [-0.25, -0.2) is 0 Å². The van der Waals surface area contributed by atoms with Crippen LogP contribution >= 0.6 is 0 Å². The van der Waals surface area contributed by atoms with Gasteiger partial charge in [0.1, 0.15) is 0 Å². The number of ether oxygens (including phenoxy) is 2. The Morgan fingerprint density at radius 3 is 2.53 bits per heavy atom. The zero-order valence-electron chi connectivity index (χ0n) is 11.6. The van der Waals surface area contributed by atoms with Crippen LogP contribution in [0.4, 0.5) is 0 Å². The Hall–Kier alpha value is -0.160. The quantitative estimate of drug-likeness (QED) is 0.645. The first-order valence-corrected chi connectivity index (χ1v) is 6.70. The topological polar surface area (TPSA) is 33.7 Å². The predicted octanol–water partition coefficient (Wildman–Crippen LogP) is 0.969. The van der Waals surface area contributed by atoms with Crippen molar-refractivity contribution < 1.29 is 9.47 Å². The Bertz CT molecular complexity index is 182. The van der Waals surface area contributed by atoms with Crippen molar-refractivity contribution in [3.63, 3.8) is 0 Å². The van der Waals surface area contributed by atoms with E-state index in [1.54, 1.807) is 14.2 Å². The van der Waals surface area contributed by atoms with E-state index in [1.165, 1.54) is 25.9 Å². The van der Waals surface area contributed by atoms with Gasteiger partial charge in [0.05, 0.1) is 6.61 Å². The Balaban J connectivity index is 2.10. The SMILES string of the molecule is COCCNCC(C)N1CCC(COC)CC1. The van der Waals surface area contributed by atoms with Crippen LogP contribution in [0, 0.1) is 5.92 Å². The molecule has 0 aromatic rings. The van der Waals surface area contributed by atoms with Crippen LogP contribution < -0.4 is 5.32 Å². The second-order valence-electron chi connectivity index (χ2n) is 4.98. The van der Waals surface area contributed by atoms with Crippen LogP contribution in [0.15, 0.2) is 0 Å². The van der Waals surface area contributed by atoms with E-state index < -0.39 is 0 Å². The summed E-state index contributed by atoms with van der Waals surface area (Å²) >= 11 is 0. The molecule has 0 saturated carbocycles. The summed E-state index contributed by atoms with van der Waals surface area (Å²) in [6.07, 6.45) is 2.55. The average Bonchev–Trinajstić information content (AvgIpc) is 2.36. The van der Waals surface area contributed by atoms with Gasteiger partial charge in [-0.3, -0.25) is 4.90 Å². The lowest BCUT2D eigenvalue weighted by atomic mass is 9.97. The molecule has 0 radical (unpaired) electrons. The molecule has 0 amide bonds. The summed E-state index contributed by atoms with van der Waals surface area (Å²) in [7, 11) is 3.54. The molecule has 1 fully saturated rings. The number of nitrogens with one attached hydrogen (secondary N) is 1. The molecule has 1 aliphatic rings. The van der Waals surface area contributed by atoms with Crippen molar-refractivity contribution in [2.75, 3.05) is 53.6 Å². The van der Waals surface area contributed by atoms with Gasteiger partial charge in [0.2, 0.25) is 0 Å². The summed E-state index contributed by atoms with van der Waals surface area (Å²) in [5, 5.41) is 3.43. The van der Waals surface area contributed by atoms with Crippen molar-refractivity contribution in [3.05, 3.63) is 0 Å². The summed E-state index contributed by atoms with van der Waals surface area (Å²) in [6, 6.07) is 0.621. The van der Waals surface area contributed by atoms with Crippen LogP contribution in [-0.2, 0) is 9.47 Å². The fourth-order valence-electron chi connectivity index (χ4n) is 2.41. The minimum absolute atomic E-state index is 0.621. The van der Waals surface area contributed by atoms with Gasteiger partial charge >= 0.3 is 0 Å². The van der Waals surface area contributed by atoms with E-state index in [-0.39, 0.29) is 0 Å². The van der Waals surface area contributed by atoms with E-state index >= 15 is 0 Å². The normalized spacial score (nSPS) is 20.6. The molecule has 4 nitrogen and oxygen atoms in total. The molecule has 1 unspecified atom stereocenters. The maximum absolute atomic E-state index is 5.22. The largest absolute Gasteiger partial charge is 0.384 e. The zero-order valence-corrected chi connectivity index (χ0v) is 11.6. The highest BCUT2D eigenvalue weighted by atomic mass is 16.5. The first-order valence-electron chi connectivity index (χ1n) is 6.70. The number of rotatable bonds is 8. The first-order chi connectivity index (χ1) is 8.27. The number of likely N-dealkylation sites (tertiary alicyclic amines) is 1. The molecule has 1 saturated heterocycles. The average molecular weight is 244 g/mol. The van der Waals surface area contributed by atoms with Crippen LogP contribution in [0.2, 0.25) is 0 Å². The van der Waals surface area contributed by atoms with Crippen molar-refractivity contribution in [1.82, 2.24) is 10.2 Å². The summed E-state index contributed by atoms with van der Waals surface area (Å²) < 4.78 is 10.2. The van der Waals surface area contributed by atoms with Gasteiger partial charge in [-0.15, -0.1) is 0 Å². The van der Waals surface area contributed by atoms with E-state index in [0.717, 1.165) is 32.2 Å². The molecular formula is C13H28N2O2. The number of nitrogens with zero attached hydrogens (tertiary/aromatic N) is 1. The second-order valence-corrected chi connectivity index (χ2v) is 4.98. The van der Waals surface area contributed by atoms with Gasteiger partial charge in [-0.1, -0.05) is 0 Å². The standard InChI is InChI=1S/C13H28N2O2/c1-12(10-14-6-9-16-2)15-7-4-13(5-8-15)11-17-3/h12-14H,4-11H2,1-3H3. The van der Waals surface area contributed by atoms with E-state index in [2.05, 4.69) is 17.1 Å². The van der Waals surface area contributed by atoms with Gasteiger partial charge in [0, 0.05) is 40.0 Å². The molecule has 1 aliphatic heterocycles. The van der Waals surface area contributed by atoms with Crippen LogP contribution in [0.25, 0.3) is 0 Å². The van der Waals surface area contributed by atoms with Crippen molar-refractivity contribution in [3.8, 4) is 0 Å².